The Balaban J connectivity index is 1.88. The molecule has 4 atom stereocenters. The van der Waals surface area contributed by atoms with E-state index in [9.17, 15) is 4.79 Å². The Kier molecular flexibility index (Phi) is 4.53. The standard InChI is InChI=1S/C19H27NO2/c1-4-5-13-6-8-14(9-7-13)16-12-15-10-11-17(20(15)2)18(16)19(21)22-3/h6-9,15-18H,4-5,10-12H2,1-3H3/t15-,16-,17?,18?/m1/s1. The monoisotopic (exact) mass is 301 g/mol. The first-order valence-electron chi connectivity index (χ1n) is 8.54. The van der Waals surface area contributed by atoms with Gasteiger partial charge in [0, 0.05) is 18.0 Å². The molecule has 3 heteroatoms. The molecule has 120 valence electrons. The molecule has 2 heterocycles. The maximum Gasteiger partial charge on any atom is 0.310 e. The van der Waals surface area contributed by atoms with E-state index in [1.165, 1.54) is 31.1 Å². The number of carbonyl (C=O) groups excluding carboxylic acids is 1. The van der Waals surface area contributed by atoms with Gasteiger partial charge in [-0.1, -0.05) is 37.6 Å². The predicted octanol–water partition coefficient (Wildman–Crippen LogP) is 3.38. The lowest BCUT2D eigenvalue weighted by atomic mass is 9.76. The van der Waals surface area contributed by atoms with Gasteiger partial charge in [-0.25, -0.2) is 0 Å². The number of fused-ring (bicyclic) bond motifs is 2. The Morgan fingerprint density at radius 1 is 1.27 bits per heavy atom. The van der Waals surface area contributed by atoms with Crippen LogP contribution in [0.4, 0.5) is 0 Å². The maximum absolute atomic E-state index is 12.4. The summed E-state index contributed by atoms with van der Waals surface area (Å²) in [4.78, 5) is 14.8. The number of piperidine rings is 1. The molecule has 1 aromatic rings. The molecule has 2 aliphatic rings. The third kappa shape index (κ3) is 2.67. The molecule has 1 aromatic carbocycles. The van der Waals surface area contributed by atoms with Gasteiger partial charge in [0.15, 0.2) is 0 Å². The van der Waals surface area contributed by atoms with Crippen molar-refractivity contribution < 1.29 is 9.53 Å². The predicted molar refractivity (Wildman–Crippen MR) is 87.9 cm³/mol. The van der Waals surface area contributed by atoms with Crippen molar-refractivity contribution in [3.63, 3.8) is 0 Å². The SMILES string of the molecule is CCCc1ccc([C@H]2C[C@H]3CCC(C2C(=O)OC)N3C)cc1. The number of hydrogen-bond donors (Lipinski definition) is 0. The van der Waals surface area contributed by atoms with Crippen molar-refractivity contribution in [3.8, 4) is 0 Å². The summed E-state index contributed by atoms with van der Waals surface area (Å²) in [6, 6.07) is 9.88. The van der Waals surface area contributed by atoms with Crippen molar-refractivity contribution in [1.29, 1.82) is 0 Å². The van der Waals surface area contributed by atoms with Gasteiger partial charge in [-0.2, -0.15) is 0 Å². The highest BCUT2D eigenvalue weighted by Gasteiger charge is 2.49. The molecule has 0 aliphatic carbocycles. The van der Waals surface area contributed by atoms with Crippen LogP contribution in [0.5, 0.6) is 0 Å². The van der Waals surface area contributed by atoms with Gasteiger partial charge in [0.25, 0.3) is 0 Å². The van der Waals surface area contributed by atoms with Gasteiger partial charge < -0.3 is 4.74 Å². The lowest BCUT2D eigenvalue weighted by Crippen LogP contribution is -2.49. The first kappa shape index (κ1) is 15.5. The van der Waals surface area contributed by atoms with Crippen LogP contribution in [-0.2, 0) is 16.0 Å². The van der Waals surface area contributed by atoms with Crippen LogP contribution in [0.2, 0.25) is 0 Å². The number of ether oxygens (including phenoxy) is 1. The molecule has 0 aromatic heterocycles. The first-order chi connectivity index (χ1) is 10.7. The normalized spacial score (nSPS) is 31.2. The molecule has 0 N–H and O–H groups in total. The zero-order chi connectivity index (χ0) is 15.7. The third-order valence-corrected chi connectivity index (χ3v) is 5.69. The summed E-state index contributed by atoms with van der Waals surface area (Å²) in [5.74, 6) is 0.238. The fraction of sp³-hybridized carbons (Fsp3) is 0.632. The Hall–Kier alpha value is -1.35. The fourth-order valence-corrected chi connectivity index (χ4v) is 4.49. The largest absolute Gasteiger partial charge is 0.469 e. The molecule has 0 amide bonds. The van der Waals surface area contributed by atoms with Crippen LogP contribution in [0.1, 0.15) is 49.7 Å². The van der Waals surface area contributed by atoms with Crippen LogP contribution in [0.25, 0.3) is 0 Å². The van der Waals surface area contributed by atoms with Gasteiger partial charge in [-0.15, -0.1) is 0 Å². The number of methoxy groups -OCH3 is 1. The summed E-state index contributed by atoms with van der Waals surface area (Å²) in [6.45, 7) is 2.20. The van der Waals surface area contributed by atoms with Crippen LogP contribution < -0.4 is 0 Å². The van der Waals surface area contributed by atoms with Crippen LogP contribution in [0.15, 0.2) is 24.3 Å². The van der Waals surface area contributed by atoms with E-state index in [1.807, 2.05) is 0 Å². The quantitative estimate of drug-likeness (QED) is 0.799. The minimum Gasteiger partial charge on any atom is -0.469 e. The van der Waals surface area contributed by atoms with Crippen LogP contribution in [0, 0.1) is 5.92 Å². The maximum atomic E-state index is 12.4. The molecule has 0 saturated carbocycles. The van der Waals surface area contributed by atoms with Gasteiger partial charge in [0.2, 0.25) is 0 Å². The second-order valence-corrected chi connectivity index (χ2v) is 6.85. The van der Waals surface area contributed by atoms with Crippen molar-refractivity contribution in [2.24, 2.45) is 5.92 Å². The number of nitrogens with zero attached hydrogens (tertiary/aromatic N) is 1. The lowest BCUT2D eigenvalue weighted by molar-refractivity contribution is -0.150. The number of aryl methyl sites for hydroxylation is 1. The van der Waals surface area contributed by atoms with Crippen molar-refractivity contribution in [3.05, 3.63) is 35.4 Å². The average Bonchev–Trinajstić information content (AvgIpc) is 2.77. The molecule has 2 aliphatic heterocycles. The third-order valence-electron chi connectivity index (χ3n) is 5.69. The Bertz CT molecular complexity index is 525. The summed E-state index contributed by atoms with van der Waals surface area (Å²) >= 11 is 0. The summed E-state index contributed by atoms with van der Waals surface area (Å²) < 4.78 is 5.14. The van der Waals surface area contributed by atoms with Crippen molar-refractivity contribution >= 4 is 5.97 Å². The van der Waals surface area contributed by atoms with Crippen molar-refractivity contribution in [1.82, 2.24) is 4.90 Å². The van der Waals surface area contributed by atoms with Crippen molar-refractivity contribution in [2.75, 3.05) is 14.2 Å². The minimum atomic E-state index is -0.0418. The summed E-state index contributed by atoms with van der Waals surface area (Å²) in [6.07, 6.45) is 5.69. The van der Waals surface area contributed by atoms with Gasteiger partial charge in [-0.05, 0) is 43.9 Å². The minimum absolute atomic E-state index is 0.0224. The molecule has 3 rings (SSSR count). The molecule has 2 saturated heterocycles. The van der Waals surface area contributed by atoms with Gasteiger partial charge in [-0.3, -0.25) is 9.69 Å². The Morgan fingerprint density at radius 3 is 2.64 bits per heavy atom. The van der Waals surface area contributed by atoms with Gasteiger partial charge >= 0.3 is 5.97 Å². The summed E-state index contributed by atoms with van der Waals surface area (Å²) in [7, 11) is 3.68. The van der Waals surface area contributed by atoms with E-state index in [0.29, 0.717) is 18.0 Å². The van der Waals surface area contributed by atoms with Gasteiger partial charge in [0.05, 0.1) is 13.0 Å². The second-order valence-electron chi connectivity index (χ2n) is 6.85. The van der Waals surface area contributed by atoms with Crippen LogP contribution in [-0.4, -0.2) is 37.1 Å². The van der Waals surface area contributed by atoms with E-state index in [2.05, 4.69) is 43.1 Å². The number of carbonyl (C=O) groups is 1. The molecule has 22 heavy (non-hydrogen) atoms. The lowest BCUT2D eigenvalue weighted by Gasteiger charge is -2.41. The molecule has 2 unspecified atom stereocenters. The molecule has 0 radical (unpaired) electrons. The summed E-state index contributed by atoms with van der Waals surface area (Å²) in [5, 5.41) is 0. The van der Waals surface area contributed by atoms with E-state index < -0.39 is 0 Å². The molecule has 2 fully saturated rings. The number of hydrogen-bond acceptors (Lipinski definition) is 3. The molecule has 3 nitrogen and oxygen atoms in total. The van der Waals surface area contributed by atoms with Crippen LogP contribution >= 0.6 is 0 Å². The zero-order valence-electron chi connectivity index (χ0n) is 13.9. The van der Waals surface area contributed by atoms with Crippen LogP contribution in [0.3, 0.4) is 0 Å². The van der Waals surface area contributed by atoms with E-state index in [0.717, 1.165) is 19.3 Å². The smallest absolute Gasteiger partial charge is 0.310 e. The van der Waals surface area contributed by atoms with E-state index in [4.69, 9.17) is 4.74 Å². The second kappa shape index (κ2) is 6.41. The molecule has 0 spiro atoms. The fourth-order valence-electron chi connectivity index (χ4n) is 4.49. The topological polar surface area (TPSA) is 29.5 Å². The highest BCUT2D eigenvalue weighted by atomic mass is 16.5. The van der Waals surface area contributed by atoms with Gasteiger partial charge in [0.1, 0.15) is 0 Å². The Morgan fingerprint density at radius 2 is 2.00 bits per heavy atom. The molecule has 2 bridgehead atoms. The Labute approximate surface area is 133 Å². The van der Waals surface area contributed by atoms with E-state index in [1.54, 1.807) is 0 Å². The average molecular weight is 301 g/mol. The molecular weight excluding hydrogens is 274 g/mol. The van der Waals surface area contributed by atoms with E-state index >= 15 is 0 Å². The number of esters is 1. The summed E-state index contributed by atoms with van der Waals surface area (Å²) in [5.41, 5.74) is 2.69. The first-order valence-corrected chi connectivity index (χ1v) is 8.54. The number of benzene rings is 1. The van der Waals surface area contributed by atoms with E-state index in [-0.39, 0.29) is 11.9 Å². The highest BCUT2D eigenvalue weighted by Crippen LogP contribution is 2.46. The highest BCUT2D eigenvalue weighted by molar-refractivity contribution is 5.75. The zero-order valence-corrected chi connectivity index (χ0v) is 13.9. The number of rotatable bonds is 4. The van der Waals surface area contributed by atoms with Crippen molar-refractivity contribution in [2.45, 2.75) is 57.0 Å². The molecular formula is C19H27NO2.